The molecular weight excluding hydrogens is 248 g/mol. The maximum Gasteiger partial charge on any atom is 0.224 e. The van der Waals surface area contributed by atoms with Crippen molar-refractivity contribution in [2.24, 2.45) is 5.41 Å². The number of carbonyl (C=O) groups excluding carboxylic acids is 1. The molecule has 1 saturated carbocycles. The number of hydrogen-bond acceptors (Lipinski definition) is 2. The van der Waals surface area contributed by atoms with E-state index in [0.717, 1.165) is 11.4 Å². The zero-order valence-corrected chi connectivity index (χ0v) is 12.8. The van der Waals surface area contributed by atoms with E-state index in [2.05, 4.69) is 36.6 Å². The number of rotatable bonds is 4. The monoisotopic (exact) mass is 274 g/mol. The first-order valence-electron chi connectivity index (χ1n) is 7.68. The lowest BCUT2D eigenvalue weighted by Crippen LogP contribution is -2.38. The molecule has 0 saturated heterocycles. The van der Waals surface area contributed by atoms with E-state index >= 15 is 0 Å². The molecule has 1 aromatic carbocycles. The van der Waals surface area contributed by atoms with E-state index in [4.69, 9.17) is 0 Å². The number of hydrogen-bond donors (Lipinski definition) is 2. The van der Waals surface area contributed by atoms with Crippen LogP contribution in [0, 0.1) is 5.41 Å². The lowest BCUT2D eigenvalue weighted by molar-refractivity contribution is -0.115. The molecule has 20 heavy (non-hydrogen) atoms. The average molecular weight is 274 g/mol. The molecule has 1 aromatic rings. The number of anilines is 2. The predicted octanol–water partition coefficient (Wildman–Crippen LogP) is 4.42. The maximum atomic E-state index is 11.3. The number of benzene rings is 1. The summed E-state index contributed by atoms with van der Waals surface area (Å²) in [6.45, 7) is 6.55. The Hall–Kier alpha value is -1.51. The fourth-order valence-electron chi connectivity index (χ4n) is 2.86. The van der Waals surface area contributed by atoms with Crippen molar-refractivity contribution in [3.05, 3.63) is 24.3 Å². The highest BCUT2D eigenvalue weighted by molar-refractivity contribution is 5.90. The number of carbonyl (C=O) groups is 1. The van der Waals surface area contributed by atoms with Gasteiger partial charge in [-0.3, -0.25) is 4.79 Å². The molecule has 0 bridgehead atoms. The molecule has 1 unspecified atom stereocenters. The summed E-state index contributed by atoms with van der Waals surface area (Å²) in [7, 11) is 0. The number of nitrogens with one attached hydrogen (secondary N) is 2. The molecule has 110 valence electrons. The normalized spacial score (nSPS) is 21.2. The van der Waals surface area contributed by atoms with Gasteiger partial charge in [0.2, 0.25) is 5.91 Å². The number of amides is 1. The Labute approximate surface area is 122 Å². The molecule has 2 rings (SSSR count). The largest absolute Gasteiger partial charge is 0.382 e. The Morgan fingerprint density at radius 1 is 1.20 bits per heavy atom. The molecule has 1 atom stereocenters. The Morgan fingerprint density at radius 3 is 2.45 bits per heavy atom. The molecule has 1 fully saturated rings. The molecule has 3 heteroatoms. The summed E-state index contributed by atoms with van der Waals surface area (Å²) in [5, 5.41) is 6.52. The van der Waals surface area contributed by atoms with E-state index in [-0.39, 0.29) is 5.91 Å². The summed E-state index contributed by atoms with van der Waals surface area (Å²) in [6, 6.07) is 8.57. The average Bonchev–Trinajstić information content (AvgIpc) is 2.43. The van der Waals surface area contributed by atoms with Gasteiger partial charge in [-0.2, -0.15) is 0 Å². The van der Waals surface area contributed by atoms with Crippen molar-refractivity contribution < 1.29 is 4.79 Å². The molecule has 1 amide bonds. The topological polar surface area (TPSA) is 41.1 Å². The summed E-state index contributed by atoms with van der Waals surface area (Å²) in [5.41, 5.74) is 2.36. The minimum Gasteiger partial charge on any atom is -0.382 e. The van der Waals surface area contributed by atoms with Gasteiger partial charge in [0.15, 0.2) is 0 Å². The smallest absolute Gasteiger partial charge is 0.224 e. The highest BCUT2D eigenvalue weighted by Gasteiger charge is 2.31. The highest BCUT2D eigenvalue weighted by Crippen LogP contribution is 2.37. The van der Waals surface area contributed by atoms with Crippen LogP contribution in [0.15, 0.2) is 24.3 Å². The Morgan fingerprint density at radius 2 is 1.85 bits per heavy atom. The van der Waals surface area contributed by atoms with E-state index in [1.807, 2.05) is 19.1 Å². The van der Waals surface area contributed by atoms with Crippen LogP contribution in [0.3, 0.4) is 0 Å². The van der Waals surface area contributed by atoms with Gasteiger partial charge < -0.3 is 10.6 Å². The lowest BCUT2D eigenvalue weighted by atomic mass is 9.73. The van der Waals surface area contributed by atoms with Gasteiger partial charge in [0.05, 0.1) is 0 Å². The Balaban J connectivity index is 1.98. The molecule has 1 aliphatic rings. The third-order valence-corrected chi connectivity index (χ3v) is 4.34. The highest BCUT2D eigenvalue weighted by atomic mass is 16.1. The van der Waals surface area contributed by atoms with E-state index in [1.54, 1.807) is 0 Å². The minimum absolute atomic E-state index is 0.0547. The van der Waals surface area contributed by atoms with Crippen molar-refractivity contribution in [3.63, 3.8) is 0 Å². The van der Waals surface area contributed by atoms with Gasteiger partial charge >= 0.3 is 0 Å². The van der Waals surface area contributed by atoms with E-state index in [9.17, 15) is 4.79 Å². The third kappa shape index (κ3) is 3.75. The molecule has 0 radical (unpaired) electrons. The first kappa shape index (κ1) is 14.9. The first-order chi connectivity index (χ1) is 9.51. The van der Waals surface area contributed by atoms with Crippen LogP contribution in [0.25, 0.3) is 0 Å². The zero-order chi connectivity index (χ0) is 14.6. The molecule has 1 aliphatic carbocycles. The van der Waals surface area contributed by atoms with E-state index < -0.39 is 0 Å². The van der Waals surface area contributed by atoms with Gasteiger partial charge in [-0.1, -0.05) is 33.6 Å². The quantitative estimate of drug-likeness (QED) is 0.853. The van der Waals surface area contributed by atoms with Crippen LogP contribution in [0.2, 0.25) is 0 Å². The van der Waals surface area contributed by atoms with Gasteiger partial charge in [0.1, 0.15) is 0 Å². The lowest BCUT2D eigenvalue weighted by Gasteiger charge is -2.39. The molecule has 3 nitrogen and oxygen atoms in total. The van der Waals surface area contributed by atoms with Crippen molar-refractivity contribution in [1.29, 1.82) is 0 Å². The molecule has 0 heterocycles. The van der Waals surface area contributed by atoms with Gasteiger partial charge in [0, 0.05) is 23.8 Å². The van der Waals surface area contributed by atoms with Crippen LogP contribution in [-0.2, 0) is 4.79 Å². The SMILES string of the molecule is CCC(=O)Nc1ccc(NC2CCCCC2(C)C)cc1. The van der Waals surface area contributed by atoms with Crippen LogP contribution in [0.1, 0.15) is 52.9 Å². The van der Waals surface area contributed by atoms with Gasteiger partial charge in [-0.25, -0.2) is 0 Å². The van der Waals surface area contributed by atoms with E-state index in [0.29, 0.717) is 17.9 Å². The summed E-state index contributed by atoms with van der Waals surface area (Å²) >= 11 is 0. The maximum absolute atomic E-state index is 11.3. The fourth-order valence-corrected chi connectivity index (χ4v) is 2.86. The second-order valence-corrected chi connectivity index (χ2v) is 6.41. The molecular formula is C17H26N2O. The minimum atomic E-state index is 0.0547. The first-order valence-corrected chi connectivity index (χ1v) is 7.68. The van der Waals surface area contributed by atoms with Gasteiger partial charge in [0.25, 0.3) is 0 Å². The summed E-state index contributed by atoms with van der Waals surface area (Å²) in [5.74, 6) is 0.0547. The standard InChI is InChI=1S/C17H26N2O/c1-4-16(20)19-14-10-8-13(9-11-14)18-15-7-5-6-12-17(15,2)3/h8-11,15,18H,4-7,12H2,1-3H3,(H,19,20). The van der Waals surface area contributed by atoms with Crippen LogP contribution in [0.5, 0.6) is 0 Å². The molecule has 0 aromatic heterocycles. The van der Waals surface area contributed by atoms with Crippen LogP contribution < -0.4 is 10.6 Å². The van der Waals surface area contributed by atoms with Crippen molar-refractivity contribution >= 4 is 17.3 Å². The summed E-state index contributed by atoms with van der Waals surface area (Å²) in [6.07, 6.45) is 5.69. The molecule has 0 spiro atoms. The van der Waals surface area contributed by atoms with E-state index in [1.165, 1.54) is 25.7 Å². The molecule has 2 N–H and O–H groups in total. The zero-order valence-electron chi connectivity index (χ0n) is 12.8. The Kier molecular flexibility index (Phi) is 4.69. The fraction of sp³-hybridized carbons (Fsp3) is 0.588. The van der Waals surface area contributed by atoms with Crippen molar-refractivity contribution in [1.82, 2.24) is 0 Å². The summed E-state index contributed by atoms with van der Waals surface area (Å²) in [4.78, 5) is 11.3. The predicted molar refractivity (Wildman–Crippen MR) is 85.0 cm³/mol. The van der Waals surface area contributed by atoms with Crippen LogP contribution >= 0.6 is 0 Å². The van der Waals surface area contributed by atoms with Crippen molar-refractivity contribution in [3.8, 4) is 0 Å². The third-order valence-electron chi connectivity index (χ3n) is 4.34. The van der Waals surface area contributed by atoms with Crippen LogP contribution in [-0.4, -0.2) is 11.9 Å². The van der Waals surface area contributed by atoms with Gasteiger partial charge in [-0.15, -0.1) is 0 Å². The van der Waals surface area contributed by atoms with Crippen LogP contribution in [0.4, 0.5) is 11.4 Å². The molecule has 0 aliphatic heterocycles. The second-order valence-electron chi connectivity index (χ2n) is 6.41. The second kappa shape index (κ2) is 6.29. The Bertz CT molecular complexity index is 451. The van der Waals surface area contributed by atoms with Crippen molar-refractivity contribution in [2.75, 3.05) is 10.6 Å². The van der Waals surface area contributed by atoms with Gasteiger partial charge in [-0.05, 0) is 42.5 Å². The summed E-state index contributed by atoms with van der Waals surface area (Å²) < 4.78 is 0. The van der Waals surface area contributed by atoms with Crippen molar-refractivity contribution in [2.45, 2.75) is 58.9 Å².